The molecule has 2 aliphatic heterocycles. The van der Waals surface area contributed by atoms with Gasteiger partial charge < -0.3 is 14.7 Å². The van der Waals surface area contributed by atoms with E-state index in [1.807, 2.05) is 31.2 Å². The first-order valence-corrected chi connectivity index (χ1v) is 6.22. The second kappa shape index (κ2) is 3.73. The van der Waals surface area contributed by atoms with Gasteiger partial charge in [-0.25, -0.2) is 0 Å². The molecule has 0 unspecified atom stereocenters. The van der Waals surface area contributed by atoms with Crippen LogP contribution in [0.5, 0.6) is 5.75 Å². The second-order valence-corrected chi connectivity index (χ2v) is 5.34. The molecule has 100 valence electrons. The Hall–Kier alpha value is -2.04. The summed E-state index contributed by atoms with van der Waals surface area (Å²) in [6, 6.07) is 7.35. The zero-order chi connectivity index (χ0) is 13.8. The molecule has 0 radical (unpaired) electrons. The van der Waals surface area contributed by atoms with Crippen molar-refractivity contribution in [2.24, 2.45) is 5.92 Å². The smallest absolute Gasteiger partial charge is 0.316 e. The van der Waals surface area contributed by atoms with Crippen LogP contribution in [0.15, 0.2) is 24.3 Å². The Labute approximate surface area is 110 Å². The number of rotatable bonds is 1. The molecule has 1 N–H and O–H groups in total. The molecular weight excluding hydrogens is 246 g/mol. The van der Waals surface area contributed by atoms with Gasteiger partial charge in [0.25, 0.3) is 0 Å². The van der Waals surface area contributed by atoms with Gasteiger partial charge in [-0.3, -0.25) is 9.59 Å². The van der Waals surface area contributed by atoms with Crippen molar-refractivity contribution >= 4 is 11.9 Å². The minimum Gasteiger partial charge on any atom is -0.481 e. The summed E-state index contributed by atoms with van der Waals surface area (Å²) in [5.41, 5.74) is 0.0519. The third-order valence-corrected chi connectivity index (χ3v) is 4.22. The monoisotopic (exact) mass is 261 g/mol. The van der Waals surface area contributed by atoms with E-state index in [2.05, 4.69) is 0 Å². The molecule has 1 aromatic rings. The summed E-state index contributed by atoms with van der Waals surface area (Å²) < 4.78 is 5.91. The highest BCUT2D eigenvalue weighted by atomic mass is 16.5. The van der Waals surface area contributed by atoms with Crippen LogP contribution < -0.4 is 4.74 Å². The number of para-hydroxylation sites is 1. The number of likely N-dealkylation sites (tertiary alicyclic amines) is 1. The summed E-state index contributed by atoms with van der Waals surface area (Å²) in [4.78, 5) is 25.1. The molecule has 2 aliphatic rings. The molecule has 1 fully saturated rings. The van der Waals surface area contributed by atoms with Crippen LogP contribution in [0.25, 0.3) is 0 Å². The minimum atomic E-state index is -1.07. The molecule has 3 rings (SSSR count). The number of carboxylic acids is 1. The van der Waals surface area contributed by atoms with E-state index >= 15 is 0 Å². The van der Waals surface area contributed by atoms with Gasteiger partial charge in [-0.05, 0) is 18.6 Å². The third-order valence-electron chi connectivity index (χ3n) is 4.22. The average molecular weight is 261 g/mol. The maximum atomic E-state index is 12.3. The lowest BCUT2D eigenvalue weighted by atomic mass is 9.74. The van der Waals surface area contributed by atoms with Gasteiger partial charge >= 0.3 is 5.97 Å². The van der Waals surface area contributed by atoms with Gasteiger partial charge in [-0.1, -0.05) is 18.2 Å². The topological polar surface area (TPSA) is 66.8 Å². The number of fused-ring (bicyclic) bond motifs is 4. The average Bonchev–Trinajstić information content (AvgIpc) is 2.36. The predicted molar refractivity (Wildman–Crippen MR) is 66.7 cm³/mol. The van der Waals surface area contributed by atoms with Crippen LogP contribution in [0.2, 0.25) is 0 Å². The molecule has 3 atom stereocenters. The van der Waals surface area contributed by atoms with E-state index in [0.717, 1.165) is 5.56 Å². The largest absolute Gasteiger partial charge is 0.481 e. The highest BCUT2D eigenvalue weighted by Crippen LogP contribution is 2.49. The Balaban J connectivity index is 2.17. The molecule has 2 heterocycles. The minimum absolute atomic E-state index is 0.323. The molecular formula is C14H15NO4. The second-order valence-electron chi connectivity index (χ2n) is 5.34. The number of carboxylic acid groups (broad SMARTS) is 1. The highest BCUT2D eigenvalue weighted by molar-refractivity contribution is 5.99. The summed E-state index contributed by atoms with van der Waals surface area (Å²) in [6.45, 7) is 1.83. The van der Waals surface area contributed by atoms with Gasteiger partial charge in [0.15, 0.2) is 5.72 Å². The Morgan fingerprint density at radius 3 is 2.84 bits per heavy atom. The summed E-state index contributed by atoms with van der Waals surface area (Å²) in [7, 11) is 1.60. The maximum absolute atomic E-state index is 12.3. The predicted octanol–water partition coefficient (Wildman–Crippen LogP) is 1.44. The zero-order valence-corrected chi connectivity index (χ0v) is 10.8. The molecule has 0 aliphatic carbocycles. The fourth-order valence-electron chi connectivity index (χ4n) is 3.07. The van der Waals surface area contributed by atoms with Crippen molar-refractivity contribution in [3.8, 4) is 5.75 Å². The summed E-state index contributed by atoms with van der Waals surface area (Å²) >= 11 is 0. The Morgan fingerprint density at radius 2 is 2.16 bits per heavy atom. The van der Waals surface area contributed by atoms with Gasteiger partial charge in [-0.15, -0.1) is 0 Å². The van der Waals surface area contributed by atoms with E-state index in [9.17, 15) is 14.7 Å². The fourth-order valence-corrected chi connectivity index (χ4v) is 3.07. The van der Waals surface area contributed by atoms with Crippen molar-refractivity contribution in [2.75, 3.05) is 7.05 Å². The van der Waals surface area contributed by atoms with Gasteiger partial charge in [0.1, 0.15) is 11.7 Å². The number of nitrogens with zero attached hydrogens (tertiary/aromatic N) is 1. The third kappa shape index (κ3) is 1.54. The van der Waals surface area contributed by atoms with Gasteiger partial charge in [0.2, 0.25) is 5.91 Å². The van der Waals surface area contributed by atoms with E-state index in [1.54, 1.807) is 7.05 Å². The van der Waals surface area contributed by atoms with Gasteiger partial charge in [0.05, 0.1) is 0 Å². The van der Waals surface area contributed by atoms with Crippen LogP contribution in [0.3, 0.4) is 0 Å². The first-order chi connectivity index (χ1) is 8.94. The molecule has 1 saturated heterocycles. The number of aliphatic carboxylic acids is 1. The van der Waals surface area contributed by atoms with Crippen molar-refractivity contribution < 1.29 is 19.4 Å². The Bertz CT molecular complexity index is 570. The number of benzene rings is 1. The summed E-state index contributed by atoms with van der Waals surface area (Å²) in [6.07, 6.45) is 0.503. The van der Waals surface area contributed by atoms with Crippen LogP contribution >= 0.6 is 0 Å². The summed E-state index contributed by atoms with van der Waals surface area (Å²) in [5, 5.41) is 9.36. The lowest BCUT2D eigenvalue weighted by molar-refractivity contribution is -0.176. The molecule has 0 saturated carbocycles. The SMILES string of the molecule is CN1C(=O)[C@@H](C(=O)O)[C@H]2C[C@]1(C)Oc1ccccc12. The van der Waals surface area contributed by atoms with Gasteiger partial charge in [0, 0.05) is 19.4 Å². The van der Waals surface area contributed by atoms with E-state index in [1.165, 1.54) is 4.90 Å². The van der Waals surface area contributed by atoms with Gasteiger partial charge in [-0.2, -0.15) is 0 Å². The summed E-state index contributed by atoms with van der Waals surface area (Å²) in [5.74, 6) is -2.13. The lowest BCUT2D eigenvalue weighted by Crippen LogP contribution is -2.62. The number of carbonyl (C=O) groups is 2. The zero-order valence-electron chi connectivity index (χ0n) is 10.8. The number of amides is 1. The van der Waals surface area contributed by atoms with E-state index < -0.39 is 17.6 Å². The number of piperidine rings is 1. The molecule has 19 heavy (non-hydrogen) atoms. The number of carbonyl (C=O) groups excluding carboxylic acids is 1. The lowest BCUT2D eigenvalue weighted by Gasteiger charge is -2.51. The molecule has 0 spiro atoms. The molecule has 0 aromatic heterocycles. The molecule has 1 amide bonds. The maximum Gasteiger partial charge on any atom is 0.316 e. The molecule has 5 nitrogen and oxygen atoms in total. The normalized spacial score (nSPS) is 32.5. The van der Waals surface area contributed by atoms with Crippen LogP contribution in [-0.4, -0.2) is 34.7 Å². The Morgan fingerprint density at radius 1 is 1.47 bits per heavy atom. The van der Waals surface area contributed by atoms with E-state index in [0.29, 0.717) is 12.2 Å². The number of hydrogen-bond donors (Lipinski definition) is 1. The van der Waals surface area contributed by atoms with Crippen molar-refractivity contribution in [3.63, 3.8) is 0 Å². The van der Waals surface area contributed by atoms with E-state index in [-0.39, 0.29) is 11.8 Å². The van der Waals surface area contributed by atoms with Crippen molar-refractivity contribution in [3.05, 3.63) is 29.8 Å². The fraction of sp³-hybridized carbons (Fsp3) is 0.429. The number of ether oxygens (including phenoxy) is 1. The van der Waals surface area contributed by atoms with E-state index in [4.69, 9.17) is 4.74 Å². The first kappa shape index (κ1) is 12.0. The Kier molecular flexibility index (Phi) is 2.36. The quantitative estimate of drug-likeness (QED) is 0.777. The molecule has 2 bridgehead atoms. The van der Waals surface area contributed by atoms with Crippen LogP contribution in [-0.2, 0) is 9.59 Å². The molecule has 5 heteroatoms. The van der Waals surface area contributed by atoms with Crippen molar-refractivity contribution in [1.29, 1.82) is 0 Å². The standard InChI is InChI=1S/C14H15NO4/c1-14-7-9(8-5-3-4-6-10(8)19-14)11(13(17)18)12(16)15(14)2/h3-6,9,11H,7H2,1-2H3,(H,17,18)/t9-,11-,14-/m0/s1. The molecule has 1 aromatic carbocycles. The highest BCUT2D eigenvalue weighted by Gasteiger charge is 2.54. The van der Waals surface area contributed by atoms with Crippen molar-refractivity contribution in [2.45, 2.75) is 25.0 Å². The van der Waals surface area contributed by atoms with Crippen LogP contribution in [0.1, 0.15) is 24.8 Å². The first-order valence-electron chi connectivity index (χ1n) is 6.22. The van der Waals surface area contributed by atoms with Crippen LogP contribution in [0, 0.1) is 5.92 Å². The number of hydrogen-bond acceptors (Lipinski definition) is 3. The van der Waals surface area contributed by atoms with Crippen molar-refractivity contribution in [1.82, 2.24) is 4.90 Å². The van der Waals surface area contributed by atoms with Crippen LogP contribution in [0.4, 0.5) is 0 Å².